The van der Waals surface area contributed by atoms with E-state index in [9.17, 15) is 4.39 Å². The second-order valence-corrected chi connectivity index (χ2v) is 8.54. The van der Waals surface area contributed by atoms with Gasteiger partial charge in [0.2, 0.25) is 10.1 Å². The molecule has 3 aromatic rings. The third kappa shape index (κ3) is 3.40. The third-order valence-electron chi connectivity index (χ3n) is 5.98. The largest absolute Gasteiger partial charge is 0.345 e. The second-order valence-electron chi connectivity index (χ2n) is 7.60. The Morgan fingerprint density at radius 3 is 2.61 bits per heavy atom. The highest BCUT2D eigenvalue weighted by molar-refractivity contribution is 7.20. The first-order valence-corrected chi connectivity index (χ1v) is 10.8. The number of piperazine rings is 1. The topological polar surface area (TPSA) is 39.9 Å². The molecule has 2 aliphatic heterocycles. The van der Waals surface area contributed by atoms with E-state index in [4.69, 9.17) is 5.10 Å². The number of hydrogen-bond donors (Lipinski definition) is 0. The second kappa shape index (κ2) is 7.42. The fraction of sp³-hybridized carbons (Fsp3) is 0.500. The van der Waals surface area contributed by atoms with Crippen LogP contribution in [0.1, 0.15) is 13.3 Å². The Balaban J connectivity index is 1.27. The number of imidazole rings is 1. The van der Waals surface area contributed by atoms with E-state index in [1.807, 2.05) is 10.7 Å². The molecule has 4 heterocycles. The van der Waals surface area contributed by atoms with Crippen molar-refractivity contribution in [2.24, 2.45) is 0 Å². The predicted molar refractivity (Wildman–Crippen MR) is 111 cm³/mol. The molecule has 2 aliphatic rings. The van der Waals surface area contributed by atoms with Crippen LogP contribution in [-0.4, -0.2) is 76.3 Å². The molecule has 1 atom stereocenters. The van der Waals surface area contributed by atoms with Gasteiger partial charge < -0.3 is 9.80 Å². The number of hydrogen-bond acceptors (Lipinski definition) is 6. The van der Waals surface area contributed by atoms with Crippen molar-refractivity contribution < 1.29 is 4.39 Å². The Labute approximate surface area is 168 Å². The molecule has 0 saturated carbocycles. The highest BCUT2D eigenvalue weighted by Crippen LogP contribution is 2.30. The van der Waals surface area contributed by atoms with Crippen molar-refractivity contribution in [2.45, 2.75) is 19.4 Å². The molecule has 148 valence electrons. The molecule has 0 N–H and O–H groups in total. The quantitative estimate of drug-likeness (QED) is 0.674. The summed E-state index contributed by atoms with van der Waals surface area (Å²) in [6.45, 7) is 10.2. The van der Waals surface area contributed by atoms with Gasteiger partial charge in [0.15, 0.2) is 0 Å². The average Bonchev–Trinajstić information content (AvgIpc) is 3.43. The lowest BCUT2D eigenvalue weighted by Gasteiger charge is -2.37. The summed E-state index contributed by atoms with van der Waals surface area (Å²) in [6.07, 6.45) is 3.13. The summed E-state index contributed by atoms with van der Waals surface area (Å²) in [5.74, 6) is -0.232. The molecular formula is C20H25FN6S. The lowest BCUT2D eigenvalue weighted by Crippen LogP contribution is -2.50. The number of benzene rings is 1. The molecule has 8 heteroatoms. The molecule has 0 radical (unpaired) electrons. The van der Waals surface area contributed by atoms with Gasteiger partial charge in [-0.25, -0.2) is 13.9 Å². The first-order valence-electron chi connectivity index (χ1n) is 10.0. The Morgan fingerprint density at radius 2 is 1.89 bits per heavy atom. The van der Waals surface area contributed by atoms with E-state index in [0.29, 0.717) is 6.04 Å². The summed E-state index contributed by atoms with van der Waals surface area (Å²) in [4.78, 5) is 13.1. The fourth-order valence-electron chi connectivity index (χ4n) is 4.24. The van der Waals surface area contributed by atoms with Gasteiger partial charge in [0, 0.05) is 50.9 Å². The van der Waals surface area contributed by atoms with Crippen molar-refractivity contribution in [3.8, 4) is 11.3 Å². The first kappa shape index (κ1) is 18.0. The maximum Gasteiger partial charge on any atom is 0.214 e. The number of anilines is 1. The molecule has 0 aliphatic carbocycles. The lowest BCUT2D eigenvalue weighted by atomic mass is 10.2. The van der Waals surface area contributed by atoms with E-state index >= 15 is 0 Å². The van der Waals surface area contributed by atoms with Crippen molar-refractivity contribution in [1.82, 2.24) is 24.4 Å². The van der Waals surface area contributed by atoms with Crippen LogP contribution in [0.5, 0.6) is 0 Å². The molecule has 0 bridgehead atoms. The van der Waals surface area contributed by atoms with Crippen molar-refractivity contribution in [3.05, 3.63) is 36.3 Å². The zero-order valence-electron chi connectivity index (χ0n) is 16.1. The normalized spacial score (nSPS) is 21.8. The molecule has 2 aromatic heterocycles. The minimum absolute atomic E-state index is 0.232. The van der Waals surface area contributed by atoms with Crippen molar-refractivity contribution >= 4 is 21.4 Å². The van der Waals surface area contributed by atoms with Gasteiger partial charge in [-0.3, -0.25) is 4.90 Å². The monoisotopic (exact) mass is 400 g/mol. The van der Waals surface area contributed by atoms with Gasteiger partial charge >= 0.3 is 0 Å². The van der Waals surface area contributed by atoms with E-state index in [1.54, 1.807) is 23.5 Å². The molecule has 28 heavy (non-hydrogen) atoms. The van der Waals surface area contributed by atoms with Gasteiger partial charge in [0.25, 0.3) is 0 Å². The van der Waals surface area contributed by atoms with E-state index in [0.717, 1.165) is 41.0 Å². The number of likely N-dealkylation sites (N-methyl/N-ethyl adjacent to an activating group) is 1. The Bertz CT molecular complexity index is 912. The molecular weight excluding hydrogens is 375 g/mol. The van der Waals surface area contributed by atoms with Crippen molar-refractivity contribution in [1.29, 1.82) is 0 Å². The number of aromatic nitrogens is 3. The molecule has 6 nitrogen and oxygen atoms in total. The molecule has 1 aromatic carbocycles. The van der Waals surface area contributed by atoms with Gasteiger partial charge in [0.1, 0.15) is 5.82 Å². The molecule has 5 rings (SSSR count). The lowest BCUT2D eigenvalue weighted by molar-refractivity contribution is 0.107. The van der Waals surface area contributed by atoms with Crippen molar-refractivity contribution in [3.63, 3.8) is 0 Å². The molecule has 2 fully saturated rings. The number of rotatable bonds is 4. The van der Waals surface area contributed by atoms with Crippen molar-refractivity contribution in [2.75, 3.05) is 50.7 Å². The minimum atomic E-state index is -0.232. The Kier molecular flexibility index (Phi) is 4.78. The maximum atomic E-state index is 13.1. The molecule has 1 unspecified atom stereocenters. The van der Waals surface area contributed by atoms with Crippen LogP contribution in [0.3, 0.4) is 0 Å². The highest BCUT2D eigenvalue weighted by Gasteiger charge is 2.31. The van der Waals surface area contributed by atoms with Crippen LogP contribution < -0.4 is 4.90 Å². The van der Waals surface area contributed by atoms with Crippen LogP contribution in [0, 0.1) is 5.82 Å². The SMILES string of the molecule is CCN1CCN(C2CCN(c3nn4cc(-c5ccc(F)cc5)nc4s3)C2)CC1. The van der Waals surface area contributed by atoms with Gasteiger partial charge in [0.05, 0.1) is 11.9 Å². The summed E-state index contributed by atoms with van der Waals surface area (Å²) in [6, 6.07) is 7.07. The van der Waals surface area contributed by atoms with Crippen LogP contribution in [0.25, 0.3) is 16.2 Å². The van der Waals surface area contributed by atoms with Crippen LogP contribution in [0.2, 0.25) is 0 Å². The Hall–Kier alpha value is -2.03. The standard InChI is InChI=1S/C20H25FN6S/c1-2-24-9-11-25(12-10-24)17-7-8-26(13-17)20-23-27-14-18(22-19(27)28-20)15-3-5-16(21)6-4-15/h3-6,14,17H,2,7-13H2,1H3. The summed E-state index contributed by atoms with van der Waals surface area (Å²) in [5, 5.41) is 5.81. The smallest absolute Gasteiger partial charge is 0.214 e. The van der Waals surface area contributed by atoms with Gasteiger partial charge in [-0.2, -0.15) is 0 Å². The number of fused-ring (bicyclic) bond motifs is 1. The number of nitrogens with zero attached hydrogens (tertiary/aromatic N) is 6. The van der Waals surface area contributed by atoms with Crippen LogP contribution in [0.15, 0.2) is 30.5 Å². The highest BCUT2D eigenvalue weighted by atomic mass is 32.1. The number of halogens is 1. The van der Waals surface area contributed by atoms with E-state index < -0.39 is 0 Å². The van der Waals surface area contributed by atoms with Crippen LogP contribution in [0.4, 0.5) is 9.52 Å². The molecule has 0 spiro atoms. The van der Waals surface area contributed by atoms with Gasteiger partial charge in [-0.15, -0.1) is 5.10 Å². The summed E-state index contributed by atoms with van der Waals surface area (Å²) < 4.78 is 15.0. The minimum Gasteiger partial charge on any atom is -0.345 e. The van der Waals surface area contributed by atoms with E-state index in [2.05, 4.69) is 26.6 Å². The maximum absolute atomic E-state index is 13.1. The molecule has 2 saturated heterocycles. The predicted octanol–water partition coefficient (Wildman–Crippen LogP) is 2.81. The zero-order valence-corrected chi connectivity index (χ0v) is 16.9. The van der Waals surface area contributed by atoms with E-state index in [-0.39, 0.29) is 5.82 Å². The third-order valence-corrected chi connectivity index (χ3v) is 6.96. The van der Waals surface area contributed by atoms with Gasteiger partial charge in [-0.1, -0.05) is 18.3 Å². The average molecular weight is 401 g/mol. The first-order chi connectivity index (χ1) is 13.7. The molecule has 0 amide bonds. The fourth-order valence-corrected chi connectivity index (χ4v) is 5.15. The zero-order chi connectivity index (χ0) is 19.1. The van der Waals surface area contributed by atoms with Crippen LogP contribution in [-0.2, 0) is 0 Å². The summed E-state index contributed by atoms with van der Waals surface area (Å²) >= 11 is 1.63. The summed E-state index contributed by atoms with van der Waals surface area (Å²) in [7, 11) is 0. The van der Waals surface area contributed by atoms with Gasteiger partial charge in [-0.05, 0) is 37.2 Å². The summed E-state index contributed by atoms with van der Waals surface area (Å²) in [5.41, 5.74) is 1.74. The Morgan fingerprint density at radius 1 is 1.11 bits per heavy atom. The van der Waals surface area contributed by atoms with E-state index in [1.165, 1.54) is 44.7 Å². The van der Waals surface area contributed by atoms with Crippen LogP contribution >= 0.6 is 11.3 Å².